The first-order valence-corrected chi connectivity index (χ1v) is 8.53. The number of rotatable bonds is 4. The second-order valence-corrected chi connectivity index (χ2v) is 6.31. The average molecular weight is 347 g/mol. The zero-order valence-corrected chi connectivity index (χ0v) is 15.1. The van der Waals surface area contributed by atoms with Crippen LogP contribution in [-0.4, -0.2) is 18.0 Å². The van der Waals surface area contributed by atoms with Crippen molar-refractivity contribution < 1.29 is 14.3 Å². The topological polar surface area (TPSA) is 55.4 Å². The van der Waals surface area contributed by atoms with Gasteiger partial charge in [-0.3, -0.25) is 4.79 Å². The monoisotopic (exact) mass is 347 g/mol. The van der Waals surface area contributed by atoms with Gasteiger partial charge in [-0.2, -0.15) is 0 Å². The molecule has 132 valence electrons. The van der Waals surface area contributed by atoms with Crippen LogP contribution in [0.15, 0.2) is 60.7 Å². The summed E-state index contributed by atoms with van der Waals surface area (Å²) in [6.07, 6.45) is -0.901. The van der Waals surface area contributed by atoms with Crippen LogP contribution in [-0.2, 0) is 9.53 Å². The Balaban J connectivity index is 1.74. The van der Waals surface area contributed by atoms with Crippen molar-refractivity contribution >= 4 is 28.3 Å². The fraction of sp³-hybridized carbons (Fsp3) is 0.182. The number of ether oxygens (including phenoxy) is 1. The third-order valence-electron chi connectivity index (χ3n) is 4.53. The number of carbonyl (C=O) groups is 2. The van der Waals surface area contributed by atoms with E-state index in [9.17, 15) is 9.59 Å². The normalized spacial score (nSPS) is 11.8. The van der Waals surface area contributed by atoms with E-state index in [1.54, 1.807) is 19.1 Å². The van der Waals surface area contributed by atoms with Crippen LogP contribution in [0.2, 0.25) is 0 Å². The maximum absolute atomic E-state index is 12.5. The first-order chi connectivity index (χ1) is 12.5. The van der Waals surface area contributed by atoms with E-state index >= 15 is 0 Å². The van der Waals surface area contributed by atoms with Crippen molar-refractivity contribution in [3.63, 3.8) is 0 Å². The molecule has 1 amide bonds. The summed E-state index contributed by atoms with van der Waals surface area (Å²) in [4.78, 5) is 25.0. The number of esters is 1. The third kappa shape index (κ3) is 3.59. The molecule has 0 aliphatic heterocycles. The van der Waals surface area contributed by atoms with E-state index in [4.69, 9.17) is 4.74 Å². The van der Waals surface area contributed by atoms with Crippen LogP contribution in [0.4, 0.5) is 5.69 Å². The Bertz CT molecular complexity index is 973. The first kappa shape index (κ1) is 17.7. The highest BCUT2D eigenvalue weighted by Gasteiger charge is 2.20. The molecule has 1 N–H and O–H groups in total. The maximum atomic E-state index is 12.5. The molecule has 3 aromatic carbocycles. The molecular weight excluding hydrogens is 326 g/mol. The summed E-state index contributed by atoms with van der Waals surface area (Å²) in [6, 6.07) is 18.7. The fourth-order valence-corrected chi connectivity index (χ4v) is 2.80. The predicted molar refractivity (Wildman–Crippen MR) is 103 cm³/mol. The minimum atomic E-state index is -0.901. The van der Waals surface area contributed by atoms with Crippen molar-refractivity contribution in [2.75, 3.05) is 5.32 Å². The number of benzene rings is 3. The van der Waals surface area contributed by atoms with Gasteiger partial charge in [-0.15, -0.1) is 0 Å². The summed E-state index contributed by atoms with van der Waals surface area (Å²) in [6.45, 7) is 5.50. The standard InChI is InChI=1S/C22H21NO3/c1-14-8-6-13-20(15(14)2)23-21(24)16(3)26-22(25)19-12-7-10-17-9-4-5-11-18(17)19/h4-13,16H,1-3H3,(H,23,24). The van der Waals surface area contributed by atoms with Gasteiger partial charge in [0.05, 0.1) is 5.56 Å². The van der Waals surface area contributed by atoms with E-state index in [-0.39, 0.29) is 5.91 Å². The van der Waals surface area contributed by atoms with Crippen LogP contribution >= 0.6 is 0 Å². The number of carbonyl (C=O) groups excluding carboxylic acids is 2. The molecule has 26 heavy (non-hydrogen) atoms. The number of aryl methyl sites for hydroxylation is 1. The highest BCUT2D eigenvalue weighted by molar-refractivity contribution is 6.05. The molecule has 3 rings (SSSR count). The maximum Gasteiger partial charge on any atom is 0.339 e. The number of fused-ring (bicyclic) bond motifs is 1. The Morgan fingerprint density at radius 2 is 1.62 bits per heavy atom. The molecule has 4 heteroatoms. The molecular formula is C22H21NO3. The van der Waals surface area contributed by atoms with Crippen LogP contribution in [0.5, 0.6) is 0 Å². The van der Waals surface area contributed by atoms with Crippen LogP contribution in [0, 0.1) is 13.8 Å². The van der Waals surface area contributed by atoms with Gasteiger partial charge < -0.3 is 10.1 Å². The Morgan fingerprint density at radius 1 is 0.923 bits per heavy atom. The molecule has 0 aromatic heterocycles. The molecule has 0 aliphatic carbocycles. The van der Waals surface area contributed by atoms with E-state index in [1.165, 1.54) is 0 Å². The zero-order valence-electron chi connectivity index (χ0n) is 15.1. The van der Waals surface area contributed by atoms with Crippen LogP contribution in [0.25, 0.3) is 10.8 Å². The quantitative estimate of drug-likeness (QED) is 0.700. The SMILES string of the molecule is Cc1cccc(NC(=O)C(C)OC(=O)c2cccc3ccccc23)c1C. The Hall–Kier alpha value is -3.14. The summed E-state index contributed by atoms with van der Waals surface area (Å²) in [5, 5.41) is 4.59. The zero-order chi connectivity index (χ0) is 18.7. The van der Waals surface area contributed by atoms with E-state index in [0.717, 1.165) is 27.6 Å². The lowest BCUT2D eigenvalue weighted by atomic mass is 10.0. The van der Waals surface area contributed by atoms with E-state index in [2.05, 4.69) is 5.32 Å². The molecule has 0 saturated carbocycles. The lowest BCUT2D eigenvalue weighted by Gasteiger charge is -2.16. The molecule has 3 aromatic rings. The number of hydrogen-bond donors (Lipinski definition) is 1. The molecule has 0 aliphatic rings. The van der Waals surface area contributed by atoms with Gasteiger partial charge in [-0.25, -0.2) is 4.79 Å². The molecule has 0 heterocycles. The molecule has 4 nitrogen and oxygen atoms in total. The van der Waals surface area contributed by atoms with E-state index in [0.29, 0.717) is 5.56 Å². The van der Waals surface area contributed by atoms with Crippen molar-refractivity contribution in [2.45, 2.75) is 26.9 Å². The Kier molecular flexibility index (Phi) is 5.03. The van der Waals surface area contributed by atoms with Gasteiger partial charge in [0, 0.05) is 5.69 Å². The minimum Gasteiger partial charge on any atom is -0.449 e. The number of hydrogen-bond acceptors (Lipinski definition) is 3. The number of nitrogens with one attached hydrogen (secondary N) is 1. The van der Waals surface area contributed by atoms with Gasteiger partial charge in [0.2, 0.25) is 0 Å². The smallest absolute Gasteiger partial charge is 0.339 e. The molecule has 0 saturated heterocycles. The molecule has 0 spiro atoms. The second-order valence-electron chi connectivity index (χ2n) is 6.31. The lowest BCUT2D eigenvalue weighted by Crippen LogP contribution is -2.30. The van der Waals surface area contributed by atoms with Gasteiger partial charge >= 0.3 is 5.97 Å². The van der Waals surface area contributed by atoms with Crippen molar-refractivity contribution in [3.05, 3.63) is 77.4 Å². The van der Waals surface area contributed by atoms with Gasteiger partial charge in [0.25, 0.3) is 5.91 Å². The van der Waals surface area contributed by atoms with Crippen LogP contribution in [0.1, 0.15) is 28.4 Å². The number of amides is 1. The van der Waals surface area contributed by atoms with Crippen molar-refractivity contribution in [2.24, 2.45) is 0 Å². The van der Waals surface area contributed by atoms with Gasteiger partial charge in [-0.05, 0) is 54.8 Å². The molecule has 0 bridgehead atoms. The second kappa shape index (κ2) is 7.40. The molecule has 1 atom stereocenters. The largest absolute Gasteiger partial charge is 0.449 e. The first-order valence-electron chi connectivity index (χ1n) is 8.53. The van der Waals surface area contributed by atoms with Crippen molar-refractivity contribution in [3.8, 4) is 0 Å². The minimum absolute atomic E-state index is 0.354. The highest BCUT2D eigenvalue weighted by Crippen LogP contribution is 2.21. The van der Waals surface area contributed by atoms with Crippen molar-refractivity contribution in [1.82, 2.24) is 0 Å². The molecule has 1 unspecified atom stereocenters. The summed E-state index contributed by atoms with van der Waals surface area (Å²) in [5.74, 6) is -0.863. The van der Waals surface area contributed by atoms with Gasteiger partial charge in [0.15, 0.2) is 6.10 Å². The summed E-state index contributed by atoms with van der Waals surface area (Å²) < 4.78 is 5.40. The summed E-state index contributed by atoms with van der Waals surface area (Å²) >= 11 is 0. The summed E-state index contributed by atoms with van der Waals surface area (Å²) in [5.41, 5.74) is 3.26. The van der Waals surface area contributed by atoms with Gasteiger partial charge in [-0.1, -0.05) is 48.5 Å². The molecule has 0 fully saturated rings. The Labute approximate surface area is 152 Å². The Morgan fingerprint density at radius 3 is 2.42 bits per heavy atom. The third-order valence-corrected chi connectivity index (χ3v) is 4.53. The van der Waals surface area contributed by atoms with E-state index in [1.807, 2.05) is 62.4 Å². The van der Waals surface area contributed by atoms with Crippen molar-refractivity contribution in [1.29, 1.82) is 0 Å². The summed E-state index contributed by atoms with van der Waals surface area (Å²) in [7, 11) is 0. The van der Waals surface area contributed by atoms with Crippen LogP contribution < -0.4 is 5.32 Å². The lowest BCUT2D eigenvalue weighted by molar-refractivity contribution is -0.123. The molecule has 0 radical (unpaired) electrons. The van der Waals surface area contributed by atoms with E-state index < -0.39 is 12.1 Å². The number of anilines is 1. The fourth-order valence-electron chi connectivity index (χ4n) is 2.80. The van der Waals surface area contributed by atoms with Gasteiger partial charge in [0.1, 0.15) is 0 Å². The van der Waals surface area contributed by atoms with Crippen LogP contribution in [0.3, 0.4) is 0 Å². The average Bonchev–Trinajstić information content (AvgIpc) is 2.64. The highest BCUT2D eigenvalue weighted by atomic mass is 16.5. The predicted octanol–water partition coefficient (Wildman–Crippen LogP) is 4.64.